The third-order valence-corrected chi connectivity index (χ3v) is 3.44. The van der Waals surface area contributed by atoms with Crippen LogP contribution in [0.2, 0.25) is 0 Å². The molecule has 110 valence electrons. The topological polar surface area (TPSA) is 26.3 Å². The van der Waals surface area contributed by atoms with E-state index in [-0.39, 0.29) is 0 Å². The van der Waals surface area contributed by atoms with Crippen LogP contribution in [0.1, 0.15) is 45.1 Å². The van der Waals surface area contributed by atoms with Crippen molar-refractivity contribution in [2.75, 3.05) is 6.61 Å². The van der Waals surface area contributed by atoms with Gasteiger partial charge in [-0.2, -0.15) is 0 Å². The first kappa shape index (κ1) is 16.8. The molecule has 0 saturated carbocycles. The lowest BCUT2D eigenvalue weighted by Crippen LogP contribution is -2.11. The average molecular weight is 295 g/mol. The van der Waals surface area contributed by atoms with Gasteiger partial charge in [0.05, 0.1) is 6.61 Å². The Kier molecular flexibility index (Phi) is 8.05. The van der Waals surface area contributed by atoms with E-state index >= 15 is 0 Å². The van der Waals surface area contributed by atoms with Gasteiger partial charge in [0, 0.05) is 0 Å². The second-order valence-electron chi connectivity index (χ2n) is 4.93. The summed E-state index contributed by atoms with van der Waals surface area (Å²) in [5.74, 6) is 1.50. The van der Waals surface area contributed by atoms with Crippen LogP contribution in [0.15, 0.2) is 30.3 Å². The van der Waals surface area contributed by atoms with Crippen LogP contribution in [0, 0.1) is 5.92 Å². The highest BCUT2D eigenvalue weighted by Gasteiger charge is 2.06. The number of hydrogen-bond donors (Lipinski definition) is 0. The van der Waals surface area contributed by atoms with E-state index in [2.05, 4.69) is 13.8 Å². The monoisotopic (exact) mass is 294 g/mol. The van der Waals surface area contributed by atoms with Crippen LogP contribution in [-0.2, 0) is 4.79 Å². The molecule has 0 fully saturated rings. The Morgan fingerprint density at radius 1 is 1.30 bits per heavy atom. The van der Waals surface area contributed by atoms with Gasteiger partial charge in [0.15, 0.2) is 0 Å². The van der Waals surface area contributed by atoms with Crippen molar-refractivity contribution in [1.29, 1.82) is 0 Å². The number of rotatable bonds is 9. The Balaban J connectivity index is 2.46. The van der Waals surface area contributed by atoms with Crippen molar-refractivity contribution in [2.24, 2.45) is 5.92 Å². The van der Waals surface area contributed by atoms with Crippen LogP contribution in [0.3, 0.4) is 0 Å². The number of hydrogen-bond acceptors (Lipinski definition) is 2. The highest BCUT2D eigenvalue weighted by molar-refractivity contribution is 6.66. The van der Waals surface area contributed by atoms with Gasteiger partial charge in [0.1, 0.15) is 5.75 Å². The molecule has 1 aromatic carbocycles. The van der Waals surface area contributed by atoms with E-state index in [1.165, 1.54) is 25.3 Å². The molecule has 0 radical (unpaired) electrons. The van der Waals surface area contributed by atoms with Crippen molar-refractivity contribution in [2.45, 2.75) is 39.5 Å². The maximum atomic E-state index is 10.6. The highest BCUT2D eigenvalue weighted by atomic mass is 35.5. The van der Waals surface area contributed by atoms with Gasteiger partial charge in [-0.05, 0) is 47.7 Å². The molecule has 3 heteroatoms. The molecular weight excluding hydrogens is 272 g/mol. The minimum Gasteiger partial charge on any atom is -0.493 e. The van der Waals surface area contributed by atoms with Gasteiger partial charge in [-0.25, -0.2) is 0 Å². The number of halogens is 1. The zero-order valence-electron chi connectivity index (χ0n) is 12.3. The predicted molar refractivity (Wildman–Crippen MR) is 85.1 cm³/mol. The Bertz CT molecular complexity index is 423. The van der Waals surface area contributed by atoms with Crippen LogP contribution in [0.5, 0.6) is 5.75 Å². The second kappa shape index (κ2) is 9.60. The van der Waals surface area contributed by atoms with Gasteiger partial charge < -0.3 is 4.74 Å². The zero-order valence-corrected chi connectivity index (χ0v) is 13.0. The second-order valence-corrected chi connectivity index (χ2v) is 5.31. The van der Waals surface area contributed by atoms with E-state index in [0.29, 0.717) is 5.92 Å². The van der Waals surface area contributed by atoms with Gasteiger partial charge in [0.25, 0.3) is 0 Å². The molecule has 0 aromatic heterocycles. The fourth-order valence-corrected chi connectivity index (χ4v) is 2.01. The van der Waals surface area contributed by atoms with Gasteiger partial charge in [-0.3, -0.25) is 4.79 Å². The van der Waals surface area contributed by atoms with E-state index in [1.54, 1.807) is 6.08 Å². The molecule has 1 aromatic rings. The maximum Gasteiger partial charge on any atom is 0.245 e. The van der Waals surface area contributed by atoms with Crippen molar-refractivity contribution in [1.82, 2.24) is 0 Å². The minimum absolute atomic E-state index is 0.466. The fourth-order valence-electron chi connectivity index (χ4n) is 1.95. The maximum absolute atomic E-state index is 10.6. The summed E-state index contributed by atoms with van der Waals surface area (Å²) < 4.78 is 5.82. The molecular formula is C17H23ClO2. The van der Waals surface area contributed by atoms with Crippen molar-refractivity contribution >= 4 is 22.9 Å². The number of carbonyl (C=O) groups excluding carboxylic acids is 1. The summed E-state index contributed by atoms with van der Waals surface area (Å²) in [7, 11) is 0. The molecule has 1 atom stereocenters. The summed E-state index contributed by atoms with van der Waals surface area (Å²) in [4.78, 5) is 10.6. The summed E-state index contributed by atoms with van der Waals surface area (Å²) in [5.41, 5.74) is 0.935. The SMILES string of the molecule is CCCCC(CC)COc1ccc(C=CC(=O)Cl)cc1. The first-order valence-corrected chi connectivity index (χ1v) is 7.63. The van der Waals surface area contributed by atoms with Crippen LogP contribution < -0.4 is 4.74 Å². The van der Waals surface area contributed by atoms with Gasteiger partial charge in [-0.15, -0.1) is 0 Å². The molecule has 1 unspecified atom stereocenters. The summed E-state index contributed by atoms with van der Waals surface area (Å²) in [5, 5.41) is -0.466. The van der Waals surface area contributed by atoms with Crippen molar-refractivity contribution in [3.8, 4) is 5.75 Å². The summed E-state index contributed by atoms with van der Waals surface area (Å²) >= 11 is 5.25. The van der Waals surface area contributed by atoms with Crippen LogP contribution in [0.25, 0.3) is 6.08 Å². The minimum atomic E-state index is -0.466. The fraction of sp³-hybridized carbons (Fsp3) is 0.471. The standard InChI is InChI=1S/C17H23ClO2/c1-3-5-6-14(4-2)13-20-16-10-7-15(8-11-16)9-12-17(18)19/h7-12,14H,3-6,13H2,1-2H3. The Labute approximate surface area is 126 Å². The number of ether oxygens (including phenoxy) is 1. The Hall–Kier alpha value is -1.28. The van der Waals surface area contributed by atoms with Crippen molar-refractivity contribution in [3.63, 3.8) is 0 Å². The molecule has 0 N–H and O–H groups in total. The normalized spacial score (nSPS) is 12.6. The predicted octanol–water partition coefficient (Wildman–Crippen LogP) is 5.06. The Morgan fingerprint density at radius 3 is 2.55 bits per heavy atom. The molecule has 20 heavy (non-hydrogen) atoms. The van der Waals surface area contributed by atoms with Gasteiger partial charge in [-0.1, -0.05) is 51.3 Å². The molecule has 0 amide bonds. The number of unbranched alkanes of at least 4 members (excludes halogenated alkanes) is 1. The highest BCUT2D eigenvalue weighted by Crippen LogP contribution is 2.17. The van der Waals surface area contributed by atoms with Crippen LogP contribution in [0.4, 0.5) is 0 Å². The molecule has 0 aliphatic rings. The molecule has 0 spiro atoms. The van der Waals surface area contributed by atoms with Crippen LogP contribution >= 0.6 is 11.6 Å². The molecule has 0 bridgehead atoms. The molecule has 0 heterocycles. The van der Waals surface area contributed by atoms with E-state index in [9.17, 15) is 4.79 Å². The van der Waals surface area contributed by atoms with Crippen molar-refractivity contribution in [3.05, 3.63) is 35.9 Å². The largest absolute Gasteiger partial charge is 0.493 e. The molecule has 0 aliphatic carbocycles. The lowest BCUT2D eigenvalue weighted by molar-refractivity contribution is -0.107. The Morgan fingerprint density at radius 2 is 2.00 bits per heavy atom. The van der Waals surface area contributed by atoms with Gasteiger partial charge in [0.2, 0.25) is 5.24 Å². The van der Waals surface area contributed by atoms with E-state index < -0.39 is 5.24 Å². The first-order chi connectivity index (χ1) is 9.65. The lowest BCUT2D eigenvalue weighted by atomic mass is 10.0. The quantitative estimate of drug-likeness (QED) is 0.470. The first-order valence-electron chi connectivity index (χ1n) is 7.26. The number of benzene rings is 1. The third-order valence-electron chi connectivity index (χ3n) is 3.32. The molecule has 2 nitrogen and oxygen atoms in total. The zero-order chi connectivity index (χ0) is 14.8. The summed E-state index contributed by atoms with van der Waals surface area (Å²) in [6.07, 6.45) is 7.91. The summed E-state index contributed by atoms with van der Waals surface area (Å²) in [6, 6.07) is 7.67. The molecule has 0 saturated heterocycles. The molecule has 1 rings (SSSR count). The van der Waals surface area contributed by atoms with E-state index in [1.807, 2.05) is 24.3 Å². The van der Waals surface area contributed by atoms with E-state index in [4.69, 9.17) is 16.3 Å². The number of allylic oxidation sites excluding steroid dienone is 1. The molecule has 0 aliphatic heterocycles. The van der Waals surface area contributed by atoms with Gasteiger partial charge >= 0.3 is 0 Å². The third kappa shape index (κ3) is 6.76. The van der Waals surface area contributed by atoms with Crippen LogP contribution in [-0.4, -0.2) is 11.8 Å². The number of carbonyl (C=O) groups is 1. The summed E-state index contributed by atoms with van der Waals surface area (Å²) in [6.45, 7) is 5.19. The van der Waals surface area contributed by atoms with Crippen molar-refractivity contribution < 1.29 is 9.53 Å². The van der Waals surface area contributed by atoms with E-state index in [0.717, 1.165) is 24.3 Å². The lowest BCUT2D eigenvalue weighted by Gasteiger charge is -2.15. The smallest absolute Gasteiger partial charge is 0.245 e. The average Bonchev–Trinajstić information content (AvgIpc) is 2.46.